The lowest BCUT2D eigenvalue weighted by atomic mass is 9.74. The molecule has 0 spiro atoms. The molecule has 10 heteroatoms. The zero-order valence-corrected chi connectivity index (χ0v) is 19.9. The second-order valence-corrected chi connectivity index (χ2v) is 10.4. The number of thiophene rings is 2. The van der Waals surface area contributed by atoms with Gasteiger partial charge in [0.2, 0.25) is 5.69 Å². The molecular weight excluding hydrogens is 458 g/mol. The van der Waals surface area contributed by atoms with Crippen molar-refractivity contribution >= 4 is 46.1 Å². The van der Waals surface area contributed by atoms with Crippen molar-refractivity contribution in [2.45, 2.75) is 39.3 Å². The van der Waals surface area contributed by atoms with Gasteiger partial charge in [-0.15, -0.1) is 22.7 Å². The van der Waals surface area contributed by atoms with Crippen molar-refractivity contribution in [1.29, 1.82) is 0 Å². The number of nitrogens with zero attached hydrogens (tertiary/aromatic N) is 5. The number of hydrazone groups is 1. The van der Waals surface area contributed by atoms with E-state index in [-0.39, 0.29) is 23.3 Å². The van der Waals surface area contributed by atoms with Crippen LogP contribution in [-0.2, 0) is 6.54 Å². The van der Waals surface area contributed by atoms with E-state index in [0.29, 0.717) is 12.5 Å². The molecule has 8 nitrogen and oxygen atoms in total. The van der Waals surface area contributed by atoms with Gasteiger partial charge in [-0.25, -0.2) is 5.01 Å². The second-order valence-electron chi connectivity index (χ2n) is 8.41. The summed E-state index contributed by atoms with van der Waals surface area (Å²) in [5.74, 6) is -0.0569. The van der Waals surface area contributed by atoms with E-state index in [1.165, 1.54) is 15.9 Å². The normalized spacial score (nSPS) is 23.6. The lowest BCUT2D eigenvalue weighted by Gasteiger charge is -2.31. The van der Waals surface area contributed by atoms with Crippen molar-refractivity contribution in [2.75, 3.05) is 0 Å². The summed E-state index contributed by atoms with van der Waals surface area (Å²) in [6, 6.07) is 7.76. The molecule has 1 fully saturated rings. The number of amides is 1. The van der Waals surface area contributed by atoms with Crippen molar-refractivity contribution in [3.8, 4) is 0 Å². The Kier molecular flexibility index (Phi) is 5.71. The number of fused-ring (bicyclic) bond motifs is 1. The minimum atomic E-state index is -0.549. The van der Waals surface area contributed by atoms with Crippen molar-refractivity contribution in [3.05, 3.63) is 72.4 Å². The van der Waals surface area contributed by atoms with E-state index in [0.717, 1.165) is 33.9 Å². The van der Waals surface area contributed by atoms with Crippen LogP contribution >= 0.6 is 22.7 Å². The van der Waals surface area contributed by atoms with E-state index >= 15 is 0 Å². The van der Waals surface area contributed by atoms with Gasteiger partial charge in [0.15, 0.2) is 0 Å². The largest absolute Gasteiger partial charge is 0.320 e. The molecular formula is C23H23N5O3S2. The first-order valence-corrected chi connectivity index (χ1v) is 12.6. The van der Waals surface area contributed by atoms with E-state index in [1.54, 1.807) is 22.7 Å². The third-order valence-corrected chi connectivity index (χ3v) is 7.90. The van der Waals surface area contributed by atoms with Crippen molar-refractivity contribution in [1.82, 2.24) is 14.8 Å². The number of aryl methyl sites for hydroxylation is 1. The number of hydrogen-bond donors (Lipinski definition) is 0. The summed E-state index contributed by atoms with van der Waals surface area (Å²) in [5.41, 5.74) is 1.59. The smallest absolute Gasteiger partial charge is 0.265 e. The fourth-order valence-corrected chi connectivity index (χ4v) is 6.26. The number of aromatic nitrogens is 2. The van der Waals surface area contributed by atoms with Crippen molar-refractivity contribution in [2.24, 2.45) is 16.9 Å². The van der Waals surface area contributed by atoms with E-state index in [2.05, 4.69) is 24.2 Å². The Morgan fingerprint density at radius 1 is 1.30 bits per heavy atom. The van der Waals surface area contributed by atoms with Gasteiger partial charge in [-0.2, -0.15) is 10.2 Å². The highest BCUT2D eigenvalue weighted by Crippen LogP contribution is 2.47. The third kappa shape index (κ3) is 3.93. The molecule has 1 saturated carbocycles. The highest BCUT2D eigenvalue weighted by molar-refractivity contribution is 7.11. The van der Waals surface area contributed by atoms with Gasteiger partial charge < -0.3 is 0 Å². The Balaban J connectivity index is 1.61. The summed E-state index contributed by atoms with van der Waals surface area (Å²) in [7, 11) is 0. The van der Waals surface area contributed by atoms with Gasteiger partial charge in [0, 0.05) is 22.2 Å². The lowest BCUT2D eigenvalue weighted by molar-refractivity contribution is -0.385. The minimum absolute atomic E-state index is 0.0369. The number of carbonyl (C=O) groups is 1. The van der Waals surface area contributed by atoms with Gasteiger partial charge in [0.05, 0.1) is 16.7 Å². The summed E-state index contributed by atoms with van der Waals surface area (Å²) < 4.78 is 1.42. The van der Waals surface area contributed by atoms with Gasteiger partial charge in [0.1, 0.15) is 6.20 Å². The molecule has 0 N–H and O–H groups in total. The number of rotatable bonds is 5. The summed E-state index contributed by atoms with van der Waals surface area (Å²) in [6.07, 6.45) is 5.27. The molecule has 5 rings (SSSR count). The summed E-state index contributed by atoms with van der Waals surface area (Å²) in [6.45, 7) is 4.49. The molecule has 0 saturated heterocycles. The first-order chi connectivity index (χ1) is 16.0. The average molecular weight is 482 g/mol. The molecule has 170 valence electrons. The van der Waals surface area contributed by atoms with E-state index in [1.807, 2.05) is 35.9 Å². The fourth-order valence-electron chi connectivity index (χ4n) is 4.71. The average Bonchev–Trinajstić information content (AvgIpc) is 3.58. The number of nitro groups is 1. The van der Waals surface area contributed by atoms with Crippen LogP contribution in [0.3, 0.4) is 0 Å². The van der Waals surface area contributed by atoms with Crippen LogP contribution in [0, 0.1) is 22.0 Å². The number of hydrogen-bond acceptors (Lipinski definition) is 7. The van der Waals surface area contributed by atoms with Crippen LogP contribution in [0.25, 0.3) is 6.08 Å². The van der Waals surface area contributed by atoms with Crippen LogP contribution in [0.4, 0.5) is 5.69 Å². The van der Waals surface area contributed by atoms with E-state index in [9.17, 15) is 14.9 Å². The van der Waals surface area contributed by atoms with Crippen LogP contribution in [0.2, 0.25) is 0 Å². The zero-order valence-electron chi connectivity index (χ0n) is 18.2. The monoisotopic (exact) mass is 481 g/mol. The molecule has 1 amide bonds. The Bertz CT molecular complexity index is 1240. The zero-order chi connectivity index (χ0) is 23.1. The molecule has 0 bridgehead atoms. The van der Waals surface area contributed by atoms with Crippen LogP contribution in [-0.4, -0.2) is 31.3 Å². The Morgan fingerprint density at radius 2 is 2.09 bits per heavy atom. The van der Waals surface area contributed by atoms with Gasteiger partial charge in [-0.3, -0.25) is 19.6 Å². The Morgan fingerprint density at radius 3 is 2.76 bits per heavy atom. The quantitative estimate of drug-likeness (QED) is 0.349. The molecule has 0 unspecified atom stereocenters. The minimum Gasteiger partial charge on any atom is -0.265 e. The predicted molar refractivity (Wildman–Crippen MR) is 129 cm³/mol. The standard InChI is InChI=1S/C23H23N5O3S2/c1-3-26-13-18(28(30)31)21(24-26)23(29)27-22(19-7-5-9-33-19)17-11-14(2)10-15(20(17)25-27)12-16-6-4-8-32-16/h4-9,12-14,17,22H,3,10-11H2,1-2H3/b15-12+/t14-,17-,22-/m0/s1. The van der Waals surface area contributed by atoms with Crippen molar-refractivity contribution < 1.29 is 9.72 Å². The molecule has 1 aliphatic carbocycles. The van der Waals surface area contributed by atoms with Gasteiger partial charge in [-0.05, 0) is 60.2 Å². The maximum atomic E-state index is 13.7. The topological polar surface area (TPSA) is 93.6 Å². The van der Waals surface area contributed by atoms with Gasteiger partial charge >= 0.3 is 11.6 Å². The highest BCUT2D eigenvalue weighted by atomic mass is 32.1. The highest BCUT2D eigenvalue weighted by Gasteiger charge is 2.47. The van der Waals surface area contributed by atoms with E-state index in [4.69, 9.17) is 5.10 Å². The number of carbonyl (C=O) groups excluding carboxylic acids is 1. The van der Waals surface area contributed by atoms with Gasteiger partial charge in [-0.1, -0.05) is 19.1 Å². The van der Waals surface area contributed by atoms with Crippen molar-refractivity contribution in [3.63, 3.8) is 0 Å². The Labute approximate surface area is 199 Å². The Hall–Kier alpha value is -3.11. The predicted octanol–water partition coefficient (Wildman–Crippen LogP) is 5.62. The molecule has 4 heterocycles. The first-order valence-electron chi connectivity index (χ1n) is 10.9. The summed E-state index contributed by atoms with van der Waals surface area (Å²) in [5, 5.41) is 26.2. The maximum absolute atomic E-state index is 13.7. The first kappa shape index (κ1) is 21.7. The SMILES string of the molecule is CCn1cc([N+](=O)[O-])c(C(=O)N2N=C3/C(=C/c4cccs4)C[C@H](C)C[C@@H]3[C@H]2c2cccs2)n1. The molecule has 1 aliphatic heterocycles. The van der Waals surface area contributed by atoms with Crippen LogP contribution in [0.5, 0.6) is 0 Å². The molecule has 0 radical (unpaired) electrons. The second kappa shape index (κ2) is 8.68. The van der Waals surface area contributed by atoms with Gasteiger partial charge in [0.25, 0.3) is 0 Å². The third-order valence-electron chi connectivity index (χ3n) is 6.13. The summed E-state index contributed by atoms with van der Waals surface area (Å²) >= 11 is 3.24. The number of allylic oxidation sites excluding steroid dienone is 1. The molecule has 33 heavy (non-hydrogen) atoms. The molecule has 3 aromatic rings. The maximum Gasteiger partial charge on any atom is 0.320 e. The fraction of sp³-hybridized carbons (Fsp3) is 0.348. The summed E-state index contributed by atoms with van der Waals surface area (Å²) in [4.78, 5) is 26.9. The van der Waals surface area contributed by atoms with Crippen LogP contribution in [0.15, 0.2) is 51.9 Å². The molecule has 0 aromatic carbocycles. The van der Waals surface area contributed by atoms with Crippen LogP contribution in [0.1, 0.15) is 53.0 Å². The molecule has 3 aromatic heterocycles. The lowest BCUT2D eigenvalue weighted by Crippen LogP contribution is -2.33. The van der Waals surface area contributed by atoms with Crippen LogP contribution < -0.4 is 0 Å². The molecule has 3 atom stereocenters. The molecule has 2 aliphatic rings. The van der Waals surface area contributed by atoms with E-state index < -0.39 is 10.8 Å².